The largest absolute Gasteiger partial charge is 0.328 e. The summed E-state index contributed by atoms with van der Waals surface area (Å²) in [6, 6.07) is 0. The number of hydrogen-bond acceptors (Lipinski definition) is 2. The maximum Gasteiger partial charge on any atom is 0.328 e. The van der Waals surface area contributed by atoms with Gasteiger partial charge in [-0.3, -0.25) is 4.57 Å². The van der Waals surface area contributed by atoms with Gasteiger partial charge in [-0.2, -0.15) is 0 Å². The van der Waals surface area contributed by atoms with Crippen molar-refractivity contribution in [3.8, 4) is 0 Å². The minimum Gasteiger partial charge on any atom is -0.324 e. The summed E-state index contributed by atoms with van der Waals surface area (Å²) in [5.41, 5.74) is 0. The second-order valence-corrected chi connectivity index (χ2v) is 5.44. The molecule has 85 valence electrons. The van der Waals surface area contributed by atoms with Crippen molar-refractivity contribution < 1.29 is 14.0 Å². The molecule has 0 heterocycles. The molecular weight excluding hydrogens is 199 g/mol. The zero-order chi connectivity index (χ0) is 10.9. The van der Waals surface area contributed by atoms with Gasteiger partial charge in [-0.05, 0) is 12.8 Å². The molecule has 3 nitrogen and oxygen atoms in total. The van der Waals surface area contributed by atoms with Gasteiger partial charge in [0.15, 0.2) is 0 Å². The van der Waals surface area contributed by atoms with Crippen molar-refractivity contribution in [2.24, 2.45) is 0 Å². The van der Waals surface area contributed by atoms with Crippen molar-refractivity contribution in [3.05, 3.63) is 6.92 Å². The molecule has 1 radical (unpaired) electrons. The fourth-order valence-corrected chi connectivity index (χ4v) is 2.28. The summed E-state index contributed by atoms with van der Waals surface area (Å²) >= 11 is 0. The van der Waals surface area contributed by atoms with Gasteiger partial charge in [-0.15, -0.1) is 0 Å². The number of unbranched alkanes of at least 4 members (excludes halogenated alkanes) is 4. The van der Waals surface area contributed by atoms with E-state index in [2.05, 4.69) is 13.8 Å². The first kappa shape index (κ1) is 14.2. The molecule has 4 heteroatoms. The lowest BCUT2D eigenvalue weighted by Crippen LogP contribution is -1.97. The molecule has 0 spiro atoms. The van der Waals surface area contributed by atoms with E-state index in [0.717, 1.165) is 38.5 Å². The van der Waals surface area contributed by atoms with Gasteiger partial charge in [0.05, 0.1) is 6.61 Å². The molecule has 1 atom stereocenters. The Hall–Kier alpha value is 0.150. The molecule has 0 aliphatic rings. The van der Waals surface area contributed by atoms with Crippen LogP contribution in [0.15, 0.2) is 0 Å². The first-order valence-corrected chi connectivity index (χ1v) is 7.14. The van der Waals surface area contributed by atoms with Crippen LogP contribution in [0.25, 0.3) is 0 Å². The molecule has 0 saturated heterocycles. The molecule has 14 heavy (non-hydrogen) atoms. The molecule has 1 N–H and O–H groups in total. The highest BCUT2D eigenvalue weighted by molar-refractivity contribution is 7.52. The summed E-state index contributed by atoms with van der Waals surface area (Å²) < 4.78 is 16.3. The molecule has 0 aliphatic heterocycles. The summed E-state index contributed by atoms with van der Waals surface area (Å²) in [5, 5.41) is 0. The van der Waals surface area contributed by atoms with Crippen LogP contribution in [0.2, 0.25) is 0 Å². The molecule has 0 aromatic heterocycles. The van der Waals surface area contributed by atoms with Crippen molar-refractivity contribution in [2.45, 2.75) is 45.4 Å². The van der Waals surface area contributed by atoms with Crippen LogP contribution < -0.4 is 0 Å². The number of hydrogen-bond donors (Lipinski definition) is 1. The van der Waals surface area contributed by atoms with E-state index in [4.69, 9.17) is 4.52 Å². The maximum atomic E-state index is 11.4. The second kappa shape index (κ2) is 8.46. The summed E-state index contributed by atoms with van der Waals surface area (Å²) in [4.78, 5) is 9.35. The van der Waals surface area contributed by atoms with Gasteiger partial charge >= 0.3 is 7.60 Å². The molecule has 0 aromatic rings. The minimum absolute atomic E-state index is 0.272. The normalized spacial score (nSPS) is 15.4. The Morgan fingerprint density at radius 1 is 1.29 bits per heavy atom. The fraction of sp³-hybridized carbons (Fsp3) is 0.900. The van der Waals surface area contributed by atoms with E-state index < -0.39 is 7.60 Å². The highest BCUT2D eigenvalue weighted by atomic mass is 31.2. The molecule has 0 amide bonds. The molecule has 0 aromatic carbocycles. The van der Waals surface area contributed by atoms with Crippen LogP contribution in [-0.2, 0) is 9.09 Å². The van der Waals surface area contributed by atoms with Crippen molar-refractivity contribution in [1.29, 1.82) is 0 Å². The van der Waals surface area contributed by atoms with Crippen molar-refractivity contribution in [2.75, 3.05) is 12.8 Å². The standard InChI is InChI=1S/C10H22O3P/c1-3-5-7-9-13-14(11,12)10-8-6-4-2/h2-10H2,1H3,(H,11,12). The van der Waals surface area contributed by atoms with Gasteiger partial charge in [0, 0.05) is 6.16 Å². The van der Waals surface area contributed by atoms with Gasteiger partial charge in [-0.1, -0.05) is 39.5 Å². The Morgan fingerprint density at radius 3 is 2.57 bits per heavy atom. The fourth-order valence-electron chi connectivity index (χ4n) is 1.11. The van der Waals surface area contributed by atoms with Gasteiger partial charge < -0.3 is 9.42 Å². The first-order valence-electron chi connectivity index (χ1n) is 5.38. The van der Waals surface area contributed by atoms with E-state index in [1.807, 2.05) is 0 Å². The average molecular weight is 221 g/mol. The summed E-state index contributed by atoms with van der Waals surface area (Å²) in [6.45, 7) is 6.18. The Balaban J connectivity index is 3.46. The maximum absolute atomic E-state index is 11.4. The monoisotopic (exact) mass is 221 g/mol. The van der Waals surface area contributed by atoms with Crippen LogP contribution in [0, 0.1) is 6.92 Å². The predicted octanol–water partition coefficient (Wildman–Crippen LogP) is 3.38. The highest BCUT2D eigenvalue weighted by Crippen LogP contribution is 2.42. The minimum atomic E-state index is -3.29. The van der Waals surface area contributed by atoms with E-state index in [-0.39, 0.29) is 6.16 Å². The van der Waals surface area contributed by atoms with Crippen LogP contribution in [0.3, 0.4) is 0 Å². The summed E-state index contributed by atoms with van der Waals surface area (Å²) in [7, 11) is -3.29. The molecule has 0 aliphatic carbocycles. The zero-order valence-electron chi connectivity index (χ0n) is 9.07. The smallest absolute Gasteiger partial charge is 0.324 e. The molecule has 0 saturated carbocycles. The van der Waals surface area contributed by atoms with Gasteiger partial charge in [0.25, 0.3) is 0 Å². The van der Waals surface area contributed by atoms with E-state index >= 15 is 0 Å². The third-order valence-corrected chi connectivity index (χ3v) is 3.45. The first-order chi connectivity index (χ1) is 6.62. The lowest BCUT2D eigenvalue weighted by molar-refractivity contribution is 0.253. The SMILES string of the molecule is [CH2]CCCCP(=O)(O)OCCCCC. The van der Waals surface area contributed by atoms with Crippen LogP contribution in [0.5, 0.6) is 0 Å². The van der Waals surface area contributed by atoms with E-state index in [0.29, 0.717) is 6.61 Å². The predicted molar refractivity (Wildman–Crippen MR) is 59.4 cm³/mol. The molecule has 0 bridgehead atoms. The van der Waals surface area contributed by atoms with Gasteiger partial charge in [0.2, 0.25) is 0 Å². The van der Waals surface area contributed by atoms with E-state index in [1.54, 1.807) is 0 Å². The highest BCUT2D eigenvalue weighted by Gasteiger charge is 2.17. The van der Waals surface area contributed by atoms with Gasteiger partial charge in [-0.25, -0.2) is 0 Å². The molecule has 1 unspecified atom stereocenters. The van der Waals surface area contributed by atoms with Crippen LogP contribution in [0.4, 0.5) is 0 Å². The molecule has 0 fully saturated rings. The van der Waals surface area contributed by atoms with Crippen LogP contribution in [0.1, 0.15) is 45.4 Å². The Labute approximate surface area is 87.4 Å². The number of rotatable bonds is 9. The van der Waals surface area contributed by atoms with Crippen LogP contribution in [-0.4, -0.2) is 17.7 Å². The Kier molecular flexibility index (Phi) is 8.55. The quantitative estimate of drug-likeness (QED) is 0.479. The Morgan fingerprint density at radius 2 is 2.00 bits per heavy atom. The lowest BCUT2D eigenvalue weighted by Gasteiger charge is -2.11. The van der Waals surface area contributed by atoms with E-state index in [1.165, 1.54) is 0 Å². The van der Waals surface area contributed by atoms with Gasteiger partial charge in [0.1, 0.15) is 0 Å². The summed E-state index contributed by atoms with van der Waals surface area (Å²) in [6.07, 6.45) is 5.73. The van der Waals surface area contributed by atoms with Crippen LogP contribution >= 0.6 is 7.60 Å². The van der Waals surface area contributed by atoms with Crippen molar-refractivity contribution in [3.63, 3.8) is 0 Å². The molecule has 0 rings (SSSR count). The Bertz CT molecular complexity index is 171. The summed E-state index contributed by atoms with van der Waals surface area (Å²) in [5.74, 6) is 0. The van der Waals surface area contributed by atoms with E-state index in [9.17, 15) is 9.46 Å². The average Bonchev–Trinajstić information content (AvgIpc) is 2.13. The zero-order valence-corrected chi connectivity index (χ0v) is 9.97. The van der Waals surface area contributed by atoms with Crippen molar-refractivity contribution >= 4 is 7.60 Å². The van der Waals surface area contributed by atoms with Crippen molar-refractivity contribution in [1.82, 2.24) is 0 Å². The third kappa shape index (κ3) is 8.74. The topological polar surface area (TPSA) is 46.5 Å². The second-order valence-electron chi connectivity index (χ2n) is 3.46. The third-order valence-electron chi connectivity index (χ3n) is 1.98. The lowest BCUT2D eigenvalue weighted by atomic mass is 10.3. The molecular formula is C10H22O3P.